The van der Waals surface area contributed by atoms with Gasteiger partial charge >= 0.3 is 18.1 Å². The highest BCUT2D eigenvalue weighted by molar-refractivity contribution is 5.94. The van der Waals surface area contributed by atoms with Crippen LogP contribution in [-0.4, -0.2) is 77.3 Å². The first-order valence-electron chi connectivity index (χ1n) is 9.34. The summed E-state index contributed by atoms with van der Waals surface area (Å²) in [5.74, 6) is 0.907. The molecule has 156 valence electrons. The van der Waals surface area contributed by atoms with Crippen LogP contribution in [0.1, 0.15) is 10.4 Å². The van der Waals surface area contributed by atoms with E-state index in [1.54, 1.807) is 41.3 Å². The van der Waals surface area contributed by atoms with Gasteiger partial charge in [-0.25, -0.2) is 19.4 Å². The van der Waals surface area contributed by atoms with E-state index in [9.17, 15) is 19.5 Å². The number of urea groups is 1. The zero-order valence-corrected chi connectivity index (χ0v) is 16.2. The number of ether oxygens (including phenoxy) is 2. The molecular formula is C20H20N4O6. The number of carbonyl (C=O) groups excluding carboxylic acids is 2. The highest BCUT2D eigenvalue weighted by atomic mass is 16.5. The van der Waals surface area contributed by atoms with Gasteiger partial charge in [0.25, 0.3) is 0 Å². The fourth-order valence-corrected chi connectivity index (χ4v) is 3.61. The predicted octanol–water partition coefficient (Wildman–Crippen LogP) is 2.26. The molecule has 2 aliphatic heterocycles. The Hall–Kier alpha value is -3.82. The summed E-state index contributed by atoms with van der Waals surface area (Å²) in [5, 5.41) is 9.18. The summed E-state index contributed by atoms with van der Waals surface area (Å²) in [7, 11) is 1.31. The Labute approximate surface area is 172 Å². The Kier molecular flexibility index (Phi) is 5.13. The average Bonchev–Trinajstić information content (AvgIpc) is 3.09. The Morgan fingerprint density at radius 2 is 1.97 bits per heavy atom. The molecule has 1 aromatic heterocycles. The SMILES string of the molecule is COC(=O)c1cccc(Oc2ccc(N3CC4CN(C(=O)O)CCN4C3=O)nc2)c1. The van der Waals surface area contributed by atoms with Crippen LogP contribution in [-0.2, 0) is 4.74 Å². The number of rotatable bonds is 4. The molecule has 1 aromatic carbocycles. The molecule has 1 unspecified atom stereocenters. The Morgan fingerprint density at radius 1 is 1.13 bits per heavy atom. The van der Waals surface area contributed by atoms with Crippen molar-refractivity contribution in [2.24, 2.45) is 0 Å². The number of carbonyl (C=O) groups is 3. The van der Waals surface area contributed by atoms with Gasteiger partial charge in [-0.05, 0) is 30.3 Å². The van der Waals surface area contributed by atoms with Crippen LogP contribution in [0.15, 0.2) is 42.6 Å². The number of fused-ring (bicyclic) bond motifs is 1. The third-order valence-electron chi connectivity index (χ3n) is 5.11. The van der Waals surface area contributed by atoms with E-state index in [1.165, 1.54) is 23.1 Å². The first-order chi connectivity index (χ1) is 14.5. The van der Waals surface area contributed by atoms with E-state index < -0.39 is 12.1 Å². The zero-order chi connectivity index (χ0) is 21.3. The molecule has 0 radical (unpaired) electrons. The van der Waals surface area contributed by atoms with E-state index >= 15 is 0 Å². The van der Waals surface area contributed by atoms with Gasteiger partial charge in [-0.2, -0.15) is 0 Å². The van der Waals surface area contributed by atoms with Gasteiger partial charge in [0.15, 0.2) is 0 Å². The van der Waals surface area contributed by atoms with E-state index in [4.69, 9.17) is 9.47 Å². The van der Waals surface area contributed by atoms with Gasteiger partial charge in [-0.15, -0.1) is 0 Å². The minimum atomic E-state index is -0.976. The van der Waals surface area contributed by atoms with Crippen molar-refractivity contribution in [1.82, 2.24) is 14.8 Å². The van der Waals surface area contributed by atoms with Crippen molar-refractivity contribution >= 4 is 23.9 Å². The van der Waals surface area contributed by atoms with Crippen LogP contribution < -0.4 is 9.64 Å². The van der Waals surface area contributed by atoms with Crippen molar-refractivity contribution in [3.63, 3.8) is 0 Å². The molecular weight excluding hydrogens is 392 g/mol. The zero-order valence-electron chi connectivity index (χ0n) is 16.2. The van der Waals surface area contributed by atoms with E-state index in [0.717, 1.165) is 0 Å². The van der Waals surface area contributed by atoms with Crippen LogP contribution in [0.4, 0.5) is 15.4 Å². The van der Waals surface area contributed by atoms with Crippen molar-refractivity contribution in [1.29, 1.82) is 0 Å². The highest BCUT2D eigenvalue weighted by Crippen LogP contribution is 2.28. The highest BCUT2D eigenvalue weighted by Gasteiger charge is 2.42. The smallest absolute Gasteiger partial charge is 0.407 e. The van der Waals surface area contributed by atoms with Crippen molar-refractivity contribution in [2.75, 3.05) is 38.2 Å². The van der Waals surface area contributed by atoms with Gasteiger partial charge in [0.1, 0.15) is 17.3 Å². The maximum Gasteiger partial charge on any atom is 0.407 e. The number of aromatic nitrogens is 1. The molecule has 0 spiro atoms. The van der Waals surface area contributed by atoms with Gasteiger partial charge in [-0.3, -0.25) is 4.90 Å². The van der Waals surface area contributed by atoms with Gasteiger partial charge in [0.2, 0.25) is 0 Å². The van der Waals surface area contributed by atoms with Crippen LogP contribution >= 0.6 is 0 Å². The number of anilines is 1. The number of piperazine rings is 1. The van der Waals surface area contributed by atoms with Crippen molar-refractivity contribution in [3.8, 4) is 11.5 Å². The first-order valence-corrected chi connectivity index (χ1v) is 9.34. The standard InChI is InChI=1S/C20H20N4O6/c1-29-18(25)13-3-2-4-15(9-13)30-16-5-6-17(21-10-16)24-12-14-11-22(20(27)28)7-8-23(14)19(24)26/h2-6,9-10,14H,7-8,11-12H2,1H3,(H,27,28). The van der Waals surface area contributed by atoms with Gasteiger partial charge in [0.05, 0.1) is 31.5 Å². The lowest BCUT2D eigenvalue weighted by atomic mass is 10.2. The first kappa shape index (κ1) is 19.5. The number of hydrogen-bond donors (Lipinski definition) is 1. The molecule has 0 aliphatic carbocycles. The average molecular weight is 412 g/mol. The molecule has 2 aliphatic rings. The van der Waals surface area contributed by atoms with Gasteiger partial charge in [0, 0.05) is 19.6 Å². The molecule has 0 saturated carbocycles. The molecule has 0 bridgehead atoms. The number of methoxy groups -OCH3 is 1. The Balaban J connectivity index is 1.45. The van der Waals surface area contributed by atoms with Crippen molar-refractivity contribution in [3.05, 3.63) is 48.2 Å². The molecule has 10 nitrogen and oxygen atoms in total. The molecule has 10 heteroatoms. The molecule has 3 heterocycles. The van der Waals surface area contributed by atoms with Crippen LogP contribution in [0.2, 0.25) is 0 Å². The Morgan fingerprint density at radius 3 is 2.67 bits per heavy atom. The maximum atomic E-state index is 12.7. The molecule has 2 aromatic rings. The minimum Gasteiger partial charge on any atom is -0.465 e. The number of nitrogens with zero attached hydrogens (tertiary/aromatic N) is 4. The summed E-state index contributed by atoms with van der Waals surface area (Å²) >= 11 is 0. The Bertz CT molecular complexity index is 980. The maximum absolute atomic E-state index is 12.7. The second kappa shape index (κ2) is 7.90. The lowest BCUT2D eigenvalue weighted by Crippen LogP contribution is -2.53. The summed E-state index contributed by atoms with van der Waals surface area (Å²) in [6, 6.07) is 9.55. The number of benzene rings is 1. The minimum absolute atomic E-state index is 0.183. The molecule has 1 N–H and O–H groups in total. The van der Waals surface area contributed by atoms with E-state index in [2.05, 4.69) is 4.98 Å². The second-order valence-electron chi connectivity index (χ2n) is 6.94. The monoisotopic (exact) mass is 412 g/mol. The normalized spacial score (nSPS) is 18.2. The molecule has 1 atom stereocenters. The third-order valence-corrected chi connectivity index (χ3v) is 5.11. The second-order valence-corrected chi connectivity index (χ2v) is 6.94. The molecule has 2 fully saturated rings. The largest absolute Gasteiger partial charge is 0.465 e. The number of esters is 1. The van der Waals surface area contributed by atoms with Crippen LogP contribution in [0.3, 0.4) is 0 Å². The van der Waals surface area contributed by atoms with Crippen LogP contribution in [0, 0.1) is 0 Å². The summed E-state index contributed by atoms with van der Waals surface area (Å²) in [6.45, 7) is 1.33. The molecule has 3 amide bonds. The fourth-order valence-electron chi connectivity index (χ4n) is 3.61. The fraction of sp³-hybridized carbons (Fsp3) is 0.300. The van der Waals surface area contributed by atoms with E-state index in [0.29, 0.717) is 42.5 Å². The number of pyridine rings is 1. The summed E-state index contributed by atoms with van der Waals surface area (Å²) < 4.78 is 10.4. The third kappa shape index (κ3) is 3.71. The summed E-state index contributed by atoms with van der Waals surface area (Å²) in [6.07, 6.45) is 0.519. The van der Waals surface area contributed by atoms with Crippen LogP contribution in [0.25, 0.3) is 0 Å². The lowest BCUT2D eigenvalue weighted by Gasteiger charge is -2.34. The van der Waals surface area contributed by atoms with Crippen molar-refractivity contribution in [2.45, 2.75) is 6.04 Å². The predicted molar refractivity (Wildman–Crippen MR) is 105 cm³/mol. The quantitative estimate of drug-likeness (QED) is 0.767. The van der Waals surface area contributed by atoms with E-state index in [-0.39, 0.29) is 18.6 Å². The molecule has 4 rings (SSSR count). The number of carboxylic acid groups (broad SMARTS) is 1. The molecule has 2 saturated heterocycles. The topological polar surface area (TPSA) is 113 Å². The van der Waals surface area contributed by atoms with Crippen molar-refractivity contribution < 1.29 is 29.0 Å². The number of hydrogen-bond acceptors (Lipinski definition) is 6. The van der Waals surface area contributed by atoms with Gasteiger partial charge in [-0.1, -0.05) is 6.07 Å². The van der Waals surface area contributed by atoms with Crippen LogP contribution in [0.5, 0.6) is 11.5 Å². The summed E-state index contributed by atoms with van der Waals surface area (Å²) in [5.41, 5.74) is 0.370. The molecule has 30 heavy (non-hydrogen) atoms. The summed E-state index contributed by atoms with van der Waals surface area (Å²) in [4.78, 5) is 44.4. The van der Waals surface area contributed by atoms with Gasteiger partial charge < -0.3 is 24.4 Å². The number of amides is 3. The lowest BCUT2D eigenvalue weighted by molar-refractivity contribution is 0.0600. The van der Waals surface area contributed by atoms with E-state index in [1.807, 2.05) is 0 Å².